The van der Waals surface area contributed by atoms with Crippen LogP contribution in [-0.2, 0) is 24.2 Å². The van der Waals surface area contributed by atoms with Crippen LogP contribution in [0.2, 0.25) is 0 Å². The monoisotopic (exact) mass is 528 g/mol. The number of amides is 2. The van der Waals surface area contributed by atoms with Crippen molar-refractivity contribution in [2.45, 2.75) is 33.2 Å². The van der Waals surface area contributed by atoms with Gasteiger partial charge in [-0.3, -0.25) is 19.8 Å². The number of nitrogens with one attached hydrogen (secondary N) is 3. The summed E-state index contributed by atoms with van der Waals surface area (Å²) in [6.45, 7) is 3.25. The maximum atomic E-state index is 12.9. The van der Waals surface area contributed by atoms with E-state index in [0.717, 1.165) is 21.8 Å². The Morgan fingerprint density at radius 1 is 0.972 bits per heavy atom. The van der Waals surface area contributed by atoms with Crippen LogP contribution in [0.3, 0.4) is 0 Å². The molecule has 2 amide bonds. The van der Waals surface area contributed by atoms with Crippen LogP contribution < -0.4 is 16.4 Å². The maximum Gasteiger partial charge on any atom is 0.253 e. The molecule has 0 saturated carbocycles. The van der Waals surface area contributed by atoms with E-state index in [4.69, 9.17) is 11.1 Å². The van der Waals surface area contributed by atoms with Crippen molar-refractivity contribution in [2.75, 3.05) is 17.7 Å². The fourth-order valence-corrected chi connectivity index (χ4v) is 4.54. The van der Waals surface area contributed by atoms with E-state index in [1.807, 2.05) is 24.3 Å². The number of hydrogen-bond donors (Lipinski definition) is 4. The van der Waals surface area contributed by atoms with Gasteiger partial charge >= 0.3 is 0 Å². The molecule has 0 saturated heterocycles. The fourth-order valence-electron chi connectivity index (χ4n) is 3.43. The Labute approximate surface area is 220 Å². The summed E-state index contributed by atoms with van der Waals surface area (Å²) in [5.41, 5.74) is 9.04. The summed E-state index contributed by atoms with van der Waals surface area (Å²) in [6.07, 6.45) is 1.33. The predicted molar refractivity (Wildman–Crippen MR) is 145 cm³/mol. The van der Waals surface area contributed by atoms with Crippen LogP contribution >= 0.6 is 23.7 Å². The molecule has 36 heavy (non-hydrogen) atoms. The molecule has 1 heterocycles. The number of nitrogens with zero attached hydrogens (tertiary/aromatic N) is 2. The molecule has 1 aromatic heterocycles. The Kier molecular flexibility index (Phi) is 10.1. The summed E-state index contributed by atoms with van der Waals surface area (Å²) in [6, 6.07) is 14.2. The average molecular weight is 529 g/mol. The normalized spacial score (nSPS) is 10.2. The highest BCUT2D eigenvalue weighted by Crippen LogP contribution is 2.26. The lowest BCUT2D eigenvalue weighted by Crippen LogP contribution is -2.26. The fraction of sp³-hybridized carbons (Fsp3) is 0.240. The molecule has 0 spiro atoms. The molecule has 0 unspecified atom stereocenters. The molecule has 3 aromatic rings. The van der Waals surface area contributed by atoms with Gasteiger partial charge in [0.2, 0.25) is 5.91 Å². The summed E-state index contributed by atoms with van der Waals surface area (Å²) in [7, 11) is 1.71. The van der Waals surface area contributed by atoms with Gasteiger partial charge in [0.25, 0.3) is 5.91 Å². The smallest absolute Gasteiger partial charge is 0.253 e. The molecular weight excluding hydrogens is 500 g/mol. The third-order valence-corrected chi connectivity index (χ3v) is 6.21. The van der Waals surface area contributed by atoms with Gasteiger partial charge in [-0.15, -0.1) is 12.4 Å². The number of thiazole rings is 1. The van der Waals surface area contributed by atoms with Crippen LogP contribution in [0.4, 0.5) is 10.8 Å². The highest BCUT2D eigenvalue weighted by Gasteiger charge is 2.18. The first kappa shape index (κ1) is 28.5. The summed E-state index contributed by atoms with van der Waals surface area (Å²) in [4.78, 5) is 43.1. The molecule has 5 N–H and O–H groups in total. The molecule has 2 aromatic carbocycles. The van der Waals surface area contributed by atoms with E-state index in [-0.39, 0.29) is 36.0 Å². The lowest BCUT2D eigenvalue weighted by atomic mass is 10.1. The average Bonchev–Trinajstić information content (AvgIpc) is 3.17. The standard InChI is InChI=1S/C25H28N6O3S.ClH/c1-15(32)18-7-9-19(10-8-18)23(34)31(3)14-22-21(30-25(35-22)28-16(2)33)13-6-17-4-11-20(12-5-17)29-24(26)27;/h4-5,7-12H,6,13-14H2,1-3H3,(H4,26,27,29)(H,28,30,33);1H. The minimum absolute atomic E-state index is 0. The molecule has 11 heteroatoms. The van der Waals surface area contributed by atoms with Crippen LogP contribution in [0.15, 0.2) is 48.5 Å². The topological polar surface area (TPSA) is 141 Å². The minimum atomic E-state index is -0.208. The van der Waals surface area contributed by atoms with E-state index < -0.39 is 0 Å². The van der Waals surface area contributed by atoms with Crippen molar-refractivity contribution in [3.63, 3.8) is 0 Å². The van der Waals surface area contributed by atoms with Gasteiger partial charge in [0, 0.05) is 35.7 Å². The van der Waals surface area contributed by atoms with E-state index in [0.29, 0.717) is 35.6 Å². The van der Waals surface area contributed by atoms with Crippen molar-refractivity contribution in [1.82, 2.24) is 9.88 Å². The first-order chi connectivity index (χ1) is 16.6. The zero-order valence-electron chi connectivity index (χ0n) is 20.3. The molecule has 3 rings (SSSR count). The Balaban J connectivity index is 0.00000456. The van der Waals surface area contributed by atoms with E-state index in [9.17, 15) is 14.4 Å². The number of nitrogens with two attached hydrogens (primary N) is 1. The first-order valence-electron chi connectivity index (χ1n) is 10.9. The largest absolute Gasteiger partial charge is 0.370 e. The first-order valence-corrected chi connectivity index (χ1v) is 11.8. The second kappa shape index (κ2) is 12.8. The number of guanidine groups is 1. The van der Waals surface area contributed by atoms with Gasteiger partial charge in [0.15, 0.2) is 16.9 Å². The summed E-state index contributed by atoms with van der Waals surface area (Å²) >= 11 is 1.35. The Bertz CT molecular complexity index is 1240. The summed E-state index contributed by atoms with van der Waals surface area (Å²) < 4.78 is 0. The number of aryl methyl sites for hydroxylation is 2. The quantitative estimate of drug-likeness (QED) is 0.187. The van der Waals surface area contributed by atoms with Crippen LogP contribution in [-0.4, -0.2) is 40.5 Å². The van der Waals surface area contributed by atoms with Gasteiger partial charge < -0.3 is 21.3 Å². The molecule has 9 nitrogen and oxygen atoms in total. The van der Waals surface area contributed by atoms with E-state index in [2.05, 4.69) is 15.6 Å². The van der Waals surface area contributed by atoms with E-state index >= 15 is 0 Å². The molecule has 0 fully saturated rings. The van der Waals surface area contributed by atoms with Gasteiger partial charge in [0.05, 0.1) is 12.2 Å². The van der Waals surface area contributed by atoms with Crippen molar-refractivity contribution >= 4 is 58.1 Å². The number of hydrogen-bond acceptors (Lipinski definition) is 6. The molecule has 0 aliphatic rings. The maximum absolute atomic E-state index is 12.9. The number of carbonyl (C=O) groups excluding carboxylic acids is 3. The third kappa shape index (κ3) is 7.89. The summed E-state index contributed by atoms with van der Waals surface area (Å²) in [5.74, 6) is -0.555. The highest BCUT2D eigenvalue weighted by atomic mass is 35.5. The molecule has 0 atom stereocenters. The molecule has 0 aliphatic heterocycles. The van der Waals surface area contributed by atoms with Crippen LogP contribution in [0, 0.1) is 5.41 Å². The van der Waals surface area contributed by atoms with Crippen molar-refractivity contribution in [1.29, 1.82) is 5.41 Å². The van der Waals surface area contributed by atoms with Crippen LogP contribution in [0.5, 0.6) is 0 Å². The lowest BCUT2D eigenvalue weighted by molar-refractivity contribution is -0.114. The number of rotatable bonds is 9. The van der Waals surface area contributed by atoms with Crippen molar-refractivity contribution in [3.8, 4) is 0 Å². The molecule has 0 bridgehead atoms. The number of ketones is 1. The molecular formula is C25H29ClN6O3S. The van der Waals surface area contributed by atoms with Gasteiger partial charge in [-0.25, -0.2) is 4.98 Å². The number of aromatic nitrogens is 1. The summed E-state index contributed by atoms with van der Waals surface area (Å²) in [5, 5.41) is 13.3. The van der Waals surface area contributed by atoms with Gasteiger partial charge in [-0.2, -0.15) is 0 Å². The second-order valence-corrected chi connectivity index (χ2v) is 9.18. The Morgan fingerprint density at radius 3 is 2.14 bits per heavy atom. The Hall–Kier alpha value is -3.76. The number of anilines is 2. The van der Waals surface area contributed by atoms with Crippen molar-refractivity contribution < 1.29 is 14.4 Å². The van der Waals surface area contributed by atoms with Crippen LogP contribution in [0.25, 0.3) is 0 Å². The predicted octanol–water partition coefficient (Wildman–Crippen LogP) is 4.09. The van der Waals surface area contributed by atoms with E-state index in [1.165, 1.54) is 25.2 Å². The third-order valence-electron chi connectivity index (χ3n) is 5.21. The van der Waals surface area contributed by atoms with Gasteiger partial charge in [-0.1, -0.05) is 35.6 Å². The number of carbonyl (C=O) groups is 3. The molecule has 0 aliphatic carbocycles. The zero-order chi connectivity index (χ0) is 25.5. The number of benzene rings is 2. The van der Waals surface area contributed by atoms with Gasteiger partial charge in [0.1, 0.15) is 0 Å². The zero-order valence-corrected chi connectivity index (χ0v) is 21.9. The molecule has 0 radical (unpaired) electrons. The highest BCUT2D eigenvalue weighted by molar-refractivity contribution is 7.15. The minimum Gasteiger partial charge on any atom is -0.370 e. The second-order valence-electron chi connectivity index (χ2n) is 8.10. The van der Waals surface area contributed by atoms with Crippen LogP contribution in [0.1, 0.15) is 50.7 Å². The lowest BCUT2D eigenvalue weighted by Gasteiger charge is -2.17. The number of Topliss-reactive ketones (excluding diaryl/α,β-unsaturated/α-hetero) is 1. The Morgan fingerprint density at radius 2 is 1.58 bits per heavy atom. The van der Waals surface area contributed by atoms with E-state index in [1.54, 1.807) is 36.2 Å². The number of halogens is 1. The van der Waals surface area contributed by atoms with Crippen molar-refractivity contribution in [2.24, 2.45) is 5.73 Å². The molecule has 190 valence electrons. The van der Waals surface area contributed by atoms with Gasteiger partial charge in [-0.05, 0) is 49.6 Å². The SMILES string of the molecule is CC(=O)Nc1nc(CCc2ccc(NC(=N)N)cc2)c(CN(C)C(=O)c2ccc(C(C)=O)cc2)s1.Cl. The van der Waals surface area contributed by atoms with Crippen molar-refractivity contribution in [3.05, 3.63) is 75.8 Å².